The topological polar surface area (TPSA) is 37.4 Å². The summed E-state index contributed by atoms with van der Waals surface area (Å²) in [6.45, 7) is 10.4. The lowest BCUT2D eigenvalue weighted by Gasteiger charge is -2.29. The molecule has 0 aliphatic heterocycles. The maximum atomic E-state index is 12.2. The molecule has 0 radical (unpaired) electrons. The minimum absolute atomic E-state index is 0.129. The van der Waals surface area contributed by atoms with E-state index in [2.05, 4.69) is 13.8 Å². The molecule has 0 aromatic rings. The molecule has 0 bridgehead atoms. The van der Waals surface area contributed by atoms with E-state index in [9.17, 15) is 8.42 Å². The van der Waals surface area contributed by atoms with Crippen molar-refractivity contribution < 1.29 is 8.42 Å². The Morgan fingerprint density at radius 2 is 1.62 bits per heavy atom. The Labute approximate surface area is 101 Å². The van der Waals surface area contributed by atoms with Crippen LogP contribution in [0.1, 0.15) is 60.3 Å². The van der Waals surface area contributed by atoms with E-state index < -0.39 is 10.0 Å². The van der Waals surface area contributed by atoms with Gasteiger partial charge in [0.05, 0.1) is 5.25 Å². The number of hydrogen-bond acceptors (Lipinski definition) is 2. The fourth-order valence-corrected chi connectivity index (χ4v) is 3.28. The molecule has 1 unspecified atom stereocenters. The second-order valence-corrected chi connectivity index (χ2v) is 7.14. The second-order valence-electron chi connectivity index (χ2n) is 4.70. The predicted molar refractivity (Wildman–Crippen MR) is 70.0 cm³/mol. The number of nitrogens with zero attached hydrogens (tertiary/aromatic N) is 1. The summed E-state index contributed by atoms with van der Waals surface area (Å²) < 4.78 is 26.1. The Bertz CT molecular complexity index is 273. The fourth-order valence-electron chi connectivity index (χ4n) is 1.74. The Morgan fingerprint density at radius 1 is 1.06 bits per heavy atom. The predicted octanol–water partition coefficient (Wildman–Crippen LogP) is 3.02. The van der Waals surface area contributed by atoms with Gasteiger partial charge in [-0.1, -0.05) is 26.7 Å². The second kappa shape index (κ2) is 7.28. The first-order valence-corrected chi connectivity index (χ1v) is 7.88. The molecule has 0 aliphatic rings. The van der Waals surface area contributed by atoms with Gasteiger partial charge in [-0.05, 0) is 33.6 Å². The third-order valence-electron chi connectivity index (χ3n) is 2.85. The van der Waals surface area contributed by atoms with E-state index in [0.717, 1.165) is 25.7 Å². The normalized spacial score (nSPS) is 14.7. The van der Waals surface area contributed by atoms with Crippen LogP contribution in [-0.2, 0) is 10.0 Å². The van der Waals surface area contributed by atoms with Crippen LogP contribution in [0.5, 0.6) is 0 Å². The Hall–Kier alpha value is -0.0900. The molecule has 0 fully saturated rings. The van der Waals surface area contributed by atoms with Crippen molar-refractivity contribution in [2.24, 2.45) is 0 Å². The minimum Gasteiger partial charge on any atom is -0.212 e. The SMILES string of the molecule is CCCCN(C(C)CCC)S(=O)(=O)C(C)C. The highest BCUT2D eigenvalue weighted by atomic mass is 32.2. The van der Waals surface area contributed by atoms with Gasteiger partial charge >= 0.3 is 0 Å². The molecule has 0 aliphatic carbocycles. The third kappa shape index (κ3) is 4.42. The zero-order valence-corrected chi connectivity index (χ0v) is 12.2. The first-order chi connectivity index (χ1) is 7.37. The molecule has 3 nitrogen and oxygen atoms in total. The molecule has 0 N–H and O–H groups in total. The molecule has 1 atom stereocenters. The van der Waals surface area contributed by atoms with Gasteiger partial charge in [-0.25, -0.2) is 8.42 Å². The molecule has 0 aromatic carbocycles. The van der Waals surface area contributed by atoms with Gasteiger partial charge in [0.2, 0.25) is 10.0 Å². The number of sulfonamides is 1. The quantitative estimate of drug-likeness (QED) is 0.663. The Kier molecular flexibility index (Phi) is 7.24. The number of unbranched alkanes of at least 4 members (excludes halogenated alkanes) is 1. The van der Waals surface area contributed by atoms with E-state index >= 15 is 0 Å². The van der Waals surface area contributed by atoms with Gasteiger partial charge in [0.15, 0.2) is 0 Å². The molecule has 98 valence electrons. The van der Waals surface area contributed by atoms with Crippen molar-refractivity contribution in [2.45, 2.75) is 71.6 Å². The van der Waals surface area contributed by atoms with E-state index in [1.165, 1.54) is 0 Å². The Morgan fingerprint density at radius 3 is 2.00 bits per heavy atom. The average molecular weight is 249 g/mol. The van der Waals surface area contributed by atoms with E-state index in [1.807, 2.05) is 6.92 Å². The van der Waals surface area contributed by atoms with E-state index in [1.54, 1.807) is 18.2 Å². The maximum Gasteiger partial charge on any atom is 0.216 e. The number of hydrogen-bond donors (Lipinski definition) is 0. The highest BCUT2D eigenvalue weighted by Gasteiger charge is 2.28. The van der Waals surface area contributed by atoms with Crippen LogP contribution in [0.2, 0.25) is 0 Å². The van der Waals surface area contributed by atoms with Crippen LogP contribution in [0.4, 0.5) is 0 Å². The zero-order valence-electron chi connectivity index (χ0n) is 11.4. The molecular weight excluding hydrogens is 222 g/mol. The third-order valence-corrected chi connectivity index (χ3v) is 5.24. The van der Waals surface area contributed by atoms with Crippen molar-refractivity contribution in [2.75, 3.05) is 6.54 Å². The highest BCUT2D eigenvalue weighted by Crippen LogP contribution is 2.17. The monoisotopic (exact) mass is 249 g/mol. The summed E-state index contributed by atoms with van der Waals surface area (Å²) in [5.74, 6) is 0. The van der Waals surface area contributed by atoms with Crippen molar-refractivity contribution in [3.8, 4) is 0 Å². The van der Waals surface area contributed by atoms with Gasteiger partial charge in [0.25, 0.3) is 0 Å². The standard InChI is InChI=1S/C12H27NO2S/c1-6-8-10-13(12(5)9-7-2)16(14,15)11(3)4/h11-12H,6-10H2,1-5H3. The first kappa shape index (κ1) is 15.9. The van der Waals surface area contributed by atoms with Crippen LogP contribution in [-0.4, -0.2) is 30.6 Å². The number of rotatable bonds is 8. The molecule has 0 spiro atoms. The van der Waals surface area contributed by atoms with Gasteiger partial charge in [-0.15, -0.1) is 0 Å². The highest BCUT2D eigenvalue weighted by molar-refractivity contribution is 7.89. The van der Waals surface area contributed by atoms with Crippen LogP contribution in [0.15, 0.2) is 0 Å². The summed E-state index contributed by atoms with van der Waals surface area (Å²) in [5, 5.41) is -0.316. The molecular formula is C12H27NO2S. The van der Waals surface area contributed by atoms with Crippen molar-refractivity contribution >= 4 is 10.0 Å². The largest absolute Gasteiger partial charge is 0.216 e. The summed E-state index contributed by atoms with van der Waals surface area (Å²) in [4.78, 5) is 0. The van der Waals surface area contributed by atoms with Gasteiger partial charge in [0, 0.05) is 12.6 Å². The van der Waals surface area contributed by atoms with Crippen LogP contribution < -0.4 is 0 Å². The average Bonchev–Trinajstić information content (AvgIpc) is 2.18. The maximum absolute atomic E-state index is 12.2. The summed E-state index contributed by atoms with van der Waals surface area (Å²) in [6, 6.07) is 0.129. The van der Waals surface area contributed by atoms with Crippen molar-refractivity contribution in [3.63, 3.8) is 0 Å². The summed E-state index contributed by atoms with van der Waals surface area (Å²) >= 11 is 0. The van der Waals surface area contributed by atoms with E-state index in [0.29, 0.717) is 6.54 Å². The summed E-state index contributed by atoms with van der Waals surface area (Å²) in [5.41, 5.74) is 0. The molecule has 0 rings (SSSR count). The minimum atomic E-state index is -3.10. The van der Waals surface area contributed by atoms with Crippen LogP contribution in [0.3, 0.4) is 0 Å². The van der Waals surface area contributed by atoms with E-state index in [-0.39, 0.29) is 11.3 Å². The van der Waals surface area contributed by atoms with Crippen molar-refractivity contribution in [1.82, 2.24) is 4.31 Å². The first-order valence-electron chi connectivity index (χ1n) is 6.38. The molecule has 4 heteroatoms. The van der Waals surface area contributed by atoms with Crippen molar-refractivity contribution in [3.05, 3.63) is 0 Å². The summed E-state index contributed by atoms with van der Waals surface area (Å²) in [6.07, 6.45) is 3.94. The van der Waals surface area contributed by atoms with Gasteiger partial charge in [-0.2, -0.15) is 4.31 Å². The molecule has 0 aromatic heterocycles. The molecule has 0 saturated heterocycles. The van der Waals surface area contributed by atoms with Gasteiger partial charge < -0.3 is 0 Å². The van der Waals surface area contributed by atoms with Crippen molar-refractivity contribution in [1.29, 1.82) is 0 Å². The summed E-state index contributed by atoms with van der Waals surface area (Å²) in [7, 11) is -3.10. The molecule has 0 heterocycles. The van der Waals surface area contributed by atoms with Crippen LogP contribution in [0, 0.1) is 0 Å². The zero-order chi connectivity index (χ0) is 12.8. The Balaban J connectivity index is 4.79. The fraction of sp³-hybridized carbons (Fsp3) is 1.00. The molecule has 16 heavy (non-hydrogen) atoms. The van der Waals surface area contributed by atoms with Crippen LogP contribution >= 0.6 is 0 Å². The lowest BCUT2D eigenvalue weighted by Crippen LogP contribution is -2.42. The molecule has 0 amide bonds. The van der Waals surface area contributed by atoms with Crippen LogP contribution in [0.25, 0.3) is 0 Å². The van der Waals surface area contributed by atoms with Gasteiger partial charge in [-0.3, -0.25) is 0 Å². The van der Waals surface area contributed by atoms with E-state index in [4.69, 9.17) is 0 Å². The lowest BCUT2D eigenvalue weighted by molar-refractivity contribution is 0.313. The smallest absolute Gasteiger partial charge is 0.212 e. The molecule has 0 saturated carbocycles. The lowest BCUT2D eigenvalue weighted by atomic mass is 10.2. The van der Waals surface area contributed by atoms with Gasteiger partial charge in [0.1, 0.15) is 0 Å².